The summed E-state index contributed by atoms with van der Waals surface area (Å²) in [6, 6.07) is 0. The summed E-state index contributed by atoms with van der Waals surface area (Å²) >= 11 is 4.12. The van der Waals surface area contributed by atoms with E-state index < -0.39 is 0 Å². The van der Waals surface area contributed by atoms with E-state index in [4.69, 9.17) is 0 Å². The largest absolute Gasteiger partial charge is 0.504 e. The quantitative estimate of drug-likeness (QED) is 0.373. The first kappa shape index (κ1) is 22.4. The molecule has 3 nitrogen and oxygen atoms in total. The molecule has 0 aliphatic heterocycles. The zero-order valence-electron chi connectivity index (χ0n) is 20.1. The third kappa shape index (κ3) is 2.48. The van der Waals surface area contributed by atoms with Gasteiger partial charge in [-0.2, -0.15) is 0 Å². The summed E-state index contributed by atoms with van der Waals surface area (Å²) in [5.41, 5.74) is 3.93. The van der Waals surface area contributed by atoms with Crippen LogP contribution in [0, 0.1) is 33.5 Å². The highest BCUT2D eigenvalue weighted by Gasteiger charge is 2.68. The van der Waals surface area contributed by atoms with Crippen molar-refractivity contribution in [2.45, 2.75) is 78.5 Å². The molecule has 32 heavy (non-hydrogen) atoms. The number of alkyl halides is 1. The molecule has 0 radical (unpaired) electrons. The Morgan fingerprint density at radius 2 is 1.78 bits per heavy atom. The third-order valence-electron chi connectivity index (χ3n) is 10.7. The lowest BCUT2D eigenvalue weighted by atomic mass is 9.35. The maximum absolute atomic E-state index is 12.7. The highest BCUT2D eigenvalue weighted by atomic mass is 79.9. The number of ketones is 2. The van der Waals surface area contributed by atoms with Gasteiger partial charge in [-0.15, -0.1) is 0 Å². The van der Waals surface area contributed by atoms with Crippen molar-refractivity contribution < 1.29 is 14.7 Å². The van der Waals surface area contributed by atoms with E-state index in [-0.39, 0.29) is 43.9 Å². The molecule has 0 heterocycles. The highest BCUT2D eigenvalue weighted by molar-refractivity contribution is 9.09. The highest BCUT2D eigenvalue weighted by Crippen LogP contribution is 2.75. The molecule has 0 amide bonds. The van der Waals surface area contributed by atoms with Gasteiger partial charge in [0, 0.05) is 28.2 Å². The van der Waals surface area contributed by atoms with Crippen molar-refractivity contribution in [1.29, 1.82) is 0 Å². The Morgan fingerprint density at radius 1 is 1.09 bits per heavy atom. The van der Waals surface area contributed by atoms with Crippen LogP contribution in [0.3, 0.4) is 0 Å². The van der Waals surface area contributed by atoms with Crippen LogP contribution in [0.2, 0.25) is 0 Å². The Hall–Kier alpha value is -1.42. The molecule has 5 rings (SSSR count). The van der Waals surface area contributed by atoms with Crippen molar-refractivity contribution in [1.82, 2.24) is 0 Å². The van der Waals surface area contributed by atoms with E-state index in [2.05, 4.69) is 62.7 Å². The number of allylic oxidation sites excluding steroid dienone is 7. The second kappa shape index (κ2) is 6.58. The predicted molar refractivity (Wildman–Crippen MR) is 130 cm³/mol. The van der Waals surface area contributed by atoms with E-state index in [0.717, 1.165) is 36.8 Å². The van der Waals surface area contributed by atoms with Gasteiger partial charge in [0.1, 0.15) is 5.78 Å². The summed E-state index contributed by atoms with van der Waals surface area (Å²) in [5.74, 6) is 0.642. The van der Waals surface area contributed by atoms with Gasteiger partial charge in [0.25, 0.3) is 0 Å². The molecule has 3 saturated carbocycles. The summed E-state index contributed by atoms with van der Waals surface area (Å²) in [6.07, 6.45) is 10.9. The molecule has 0 aromatic carbocycles. The summed E-state index contributed by atoms with van der Waals surface area (Å²) in [6.45, 7) is 13.5. The van der Waals surface area contributed by atoms with Crippen LogP contribution in [0.1, 0.15) is 73.6 Å². The first-order chi connectivity index (χ1) is 14.8. The van der Waals surface area contributed by atoms with Gasteiger partial charge in [0.05, 0.1) is 0 Å². The average Bonchev–Trinajstić information content (AvgIpc) is 2.72. The predicted octanol–water partition coefficient (Wildman–Crippen LogP) is 6.80. The van der Waals surface area contributed by atoms with E-state index >= 15 is 0 Å². The second-order valence-electron chi connectivity index (χ2n) is 12.2. The average molecular weight is 499 g/mol. The maximum atomic E-state index is 12.7. The number of carbonyl (C=O) groups is 2. The molecule has 4 heteroatoms. The molecule has 0 saturated heterocycles. The van der Waals surface area contributed by atoms with Gasteiger partial charge in [-0.1, -0.05) is 68.3 Å². The number of carbonyl (C=O) groups excluding carboxylic acids is 2. The number of Topliss-reactive ketones (excluding diaryl/α,β-unsaturated/α-hetero) is 1. The standard InChI is InChI=1S/C28H35BrO3/c1-15-11-22-25(3,13-20(15)31)9-10-26(4)21-8-7-17-16(2)24(32)19(30)12-18(17)28(21,6)23(29)14-27(22,26)5/h7-8,12,15,22-23,32H,9-11,13-14H2,1-6H3. The monoisotopic (exact) mass is 498 g/mol. The molecule has 5 aliphatic carbocycles. The van der Waals surface area contributed by atoms with Crippen molar-refractivity contribution >= 4 is 27.5 Å². The fraction of sp³-hybridized carbons (Fsp3) is 0.643. The van der Waals surface area contributed by atoms with Crippen molar-refractivity contribution in [3.05, 3.63) is 46.3 Å². The van der Waals surface area contributed by atoms with Crippen molar-refractivity contribution in [2.24, 2.45) is 33.5 Å². The molecular formula is C28H35BrO3. The zero-order chi connectivity index (χ0) is 23.4. The van der Waals surface area contributed by atoms with E-state index in [1.165, 1.54) is 5.57 Å². The molecule has 0 aromatic heterocycles. The van der Waals surface area contributed by atoms with Crippen molar-refractivity contribution in [3.63, 3.8) is 0 Å². The van der Waals surface area contributed by atoms with Crippen LogP contribution in [0.15, 0.2) is 46.3 Å². The zero-order valence-corrected chi connectivity index (χ0v) is 21.7. The normalized spacial score (nSPS) is 48.1. The first-order valence-corrected chi connectivity index (χ1v) is 13.0. The molecular weight excluding hydrogens is 464 g/mol. The van der Waals surface area contributed by atoms with E-state index in [1.807, 2.05) is 6.92 Å². The third-order valence-corrected chi connectivity index (χ3v) is 11.9. The summed E-state index contributed by atoms with van der Waals surface area (Å²) in [5, 5.41) is 10.3. The molecule has 0 bridgehead atoms. The van der Waals surface area contributed by atoms with Crippen molar-refractivity contribution in [2.75, 3.05) is 0 Å². The van der Waals surface area contributed by atoms with E-state index in [9.17, 15) is 14.7 Å². The molecule has 1 N–H and O–H groups in total. The van der Waals surface area contributed by atoms with Gasteiger partial charge in [0.15, 0.2) is 5.76 Å². The summed E-state index contributed by atoms with van der Waals surface area (Å²) < 4.78 is 0. The minimum atomic E-state index is -0.306. The lowest BCUT2D eigenvalue weighted by molar-refractivity contribution is -0.160. The number of rotatable bonds is 0. The Kier molecular flexibility index (Phi) is 4.60. The first-order valence-electron chi connectivity index (χ1n) is 12.1. The molecule has 0 aromatic rings. The number of hydrogen-bond donors (Lipinski definition) is 1. The maximum Gasteiger partial charge on any atom is 0.220 e. The van der Waals surface area contributed by atoms with Crippen LogP contribution < -0.4 is 0 Å². The second-order valence-corrected chi connectivity index (χ2v) is 13.3. The lowest BCUT2D eigenvalue weighted by Gasteiger charge is -2.70. The number of aliphatic hydroxyl groups is 1. The Balaban J connectivity index is 1.69. The van der Waals surface area contributed by atoms with Crippen LogP contribution >= 0.6 is 15.9 Å². The van der Waals surface area contributed by atoms with Crippen LogP contribution in [0.5, 0.6) is 0 Å². The minimum absolute atomic E-state index is 0.0146. The van der Waals surface area contributed by atoms with Gasteiger partial charge in [-0.25, -0.2) is 0 Å². The van der Waals surface area contributed by atoms with Gasteiger partial charge in [-0.05, 0) is 72.0 Å². The van der Waals surface area contributed by atoms with Gasteiger partial charge in [-0.3, -0.25) is 9.59 Å². The SMILES string of the molecule is CC1=C(O)C(=O)C=C2C1=CC=C1C2(C)C(Br)CC2(C)C3CC(C)C(=O)CC3(C)CCC12C. The van der Waals surface area contributed by atoms with Crippen LogP contribution in [-0.2, 0) is 9.59 Å². The molecule has 172 valence electrons. The molecule has 7 unspecified atom stereocenters. The van der Waals surface area contributed by atoms with Crippen molar-refractivity contribution in [3.8, 4) is 0 Å². The number of fused-ring (bicyclic) bond motifs is 7. The molecule has 7 atom stereocenters. The summed E-state index contributed by atoms with van der Waals surface area (Å²) in [7, 11) is 0. The van der Waals surface area contributed by atoms with E-state index in [0.29, 0.717) is 23.7 Å². The molecule has 5 aliphatic rings. The van der Waals surface area contributed by atoms with E-state index in [1.54, 1.807) is 6.08 Å². The molecule has 0 spiro atoms. The Labute approximate surface area is 200 Å². The summed E-state index contributed by atoms with van der Waals surface area (Å²) in [4.78, 5) is 25.5. The smallest absolute Gasteiger partial charge is 0.220 e. The van der Waals surface area contributed by atoms with Gasteiger partial charge < -0.3 is 5.11 Å². The van der Waals surface area contributed by atoms with Gasteiger partial charge in [0.2, 0.25) is 5.78 Å². The molecule has 3 fully saturated rings. The van der Waals surface area contributed by atoms with Crippen LogP contribution in [-0.4, -0.2) is 21.5 Å². The minimum Gasteiger partial charge on any atom is -0.504 e. The fourth-order valence-corrected chi connectivity index (χ4v) is 9.53. The lowest BCUT2D eigenvalue weighted by Crippen LogP contribution is -2.64. The topological polar surface area (TPSA) is 54.4 Å². The number of halogens is 1. The van der Waals surface area contributed by atoms with Crippen LogP contribution in [0.25, 0.3) is 0 Å². The number of hydrogen-bond acceptors (Lipinski definition) is 3. The fourth-order valence-electron chi connectivity index (χ4n) is 8.36. The van der Waals surface area contributed by atoms with Gasteiger partial charge >= 0.3 is 0 Å². The number of aliphatic hydroxyl groups excluding tert-OH is 1. The Bertz CT molecular complexity index is 1080. The Morgan fingerprint density at radius 3 is 2.47 bits per heavy atom. The van der Waals surface area contributed by atoms with Crippen LogP contribution in [0.4, 0.5) is 0 Å².